The van der Waals surface area contributed by atoms with Crippen molar-refractivity contribution in [2.45, 2.75) is 44.6 Å². The zero-order valence-corrected chi connectivity index (χ0v) is 9.21. The molecule has 0 amide bonds. The summed E-state index contributed by atoms with van der Waals surface area (Å²) in [7, 11) is 0. The number of piperidine rings is 1. The lowest BCUT2D eigenvalue weighted by Gasteiger charge is -2.23. The summed E-state index contributed by atoms with van der Waals surface area (Å²) in [5.41, 5.74) is 0. The number of unbranched alkanes of at least 4 members (excludes halogenated alkanes) is 1. The maximum Gasteiger partial charge on any atom is 0.303 e. The summed E-state index contributed by atoms with van der Waals surface area (Å²) in [5, 5.41) is 11.8. The molecule has 88 valence electrons. The first-order chi connectivity index (χ1) is 7.29. The van der Waals surface area contributed by atoms with Gasteiger partial charge >= 0.3 is 5.97 Å². The zero-order valence-electron chi connectivity index (χ0n) is 9.21. The lowest BCUT2D eigenvalue weighted by Crippen LogP contribution is -2.37. The van der Waals surface area contributed by atoms with E-state index in [1.165, 1.54) is 19.3 Å². The van der Waals surface area contributed by atoms with Crippen LogP contribution in [0.15, 0.2) is 0 Å². The van der Waals surface area contributed by atoms with Crippen LogP contribution >= 0.6 is 0 Å². The molecule has 2 N–H and O–H groups in total. The fourth-order valence-electron chi connectivity index (χ4n) is 1.77. The van der Waals surface area contributed by atoms with Gasteiger partial charge in [0.25, 0.3) is 0 Å². The molecule has 0 spiro atoms. The SMILES string of the molecule is O=C(O)CCCCOCC1CCCCN1. The summed E-state index contributed by atoms with van der Waals surface area (Å²) in [6, 6.07) is 0.512. The molecule has 1 rings (SSSR count). The number of hydrogen-bond acceptors (Lipinski definition) is 3. The second-order valence-corrected chi connectivity index (χ2v) is 4.07. The number of carboxylic acid groups (broad SMARTS) is 1. The van der Waals surface area contributed by atoms with Gasteiger partial charge in [-0.25, -0.2) is 0 Å². The largest absolute Gasteiger partial charge is 0.481 e. The molecule has 0 aromatic carbocycles. The summed E-state index contributed by atoms with van der Waals surface area (Å²) in [4.78, 5) is 10.2. The van der Waals surface area contributed by atoms with Gasteiger partial charge < -0.3 is 15.2 Å². The Morgan fingerprint density at radius 3 is 2.93 bits per heavy atom. The van der Waals surface area contributed by atoms with Crippen LogP contribution in [0.1, 0.15) is 38.5 Å². The lowest BCUT2D eigenvalue weighted by atomic mass is 10.1. The number of ether oxygens (including phenoxy) is 1. The van der Waals surface area contributed by atoms with Crippen molar-refractivity contribution in [3.8, 4) is 0 Å². The van der Waals surface area contributed by atoms with Gasteiger partial charge in [0.2, 0.25) is 0 Å². The molecule has 0 saturated carbocycles. The van der Waals surface area contributed by atoms with Crippen molar-refractivity contribution in [1.82, 2.24) is 5.32 Å². The Kier molecular flexibility index (Phi) is 6.36. The van der Waals surface area contributed by atoms with Crippen molar-refractivity contribution in [2.75, 3.05) is 19.8 Å². The Morgan fingerprint density at radius 1 is 1.40 bits per heavy atom. The standard InChI is InChI=1S/C11H21NO3/c13-11(14)6-2-4-8-15-9-10-5-1-3-7-12-10/h10,12H,1-9H2,(H,13,14). The first kappa shape index (κ1) is 12.5. The summed E-state index contributed by atoms with van der Waals surface area (Å²) in [5.74, 6) is -0.719. The minimum Gasteiger partial charge on any atom is -0.481 e. The Balaban J connectivity index is 1.85. The highest BCUT2D eigenvalue weighted by molar-refractivity contribution is 5.66. The van der Waals surface area contributed by atoms with Crippen LogP contribution in [-0.4, -0.2) is 36.9 Å². The van der Waals surface area contributed by atoms with Gasteiger partial charge in [0, 0.05) is 19.1 Å². The third-order valence-corrected chi connectivity index (χ3v) is 2.66. The third kappa shape index (κ3) is 6.47. The topological polar surface area (TPSA) is 58.6 Å². The van der Waals surface area contributed by atoms with Crippen LogP contribution in [-0.2, 0) is 9.53 Å². The second kappa shape index (κ2) is 7.65. The smallest absolute Gasteiger partial charge is 0.303 e. The molecular weight excluding hydrogens is 194 g/mol. The van der Waals surface area contributed by atoms with Crippen LogP contribution in [0, 0.1) is 0 Å². The molecule has 1 unspecified atom stereocenters. The molecule has 4 heteroatoms. The van der Waals surface area contributed by atoms with E-state index in [0.29, 0.717) is 19.1 Å². The lowest BCUT2D eigenvalue weighted by molar-refractivity contribution is -0.137. The van der Waals surface area contributed by atoms with Crippen LogP contribution < -0.4 is 5.32 Å². The van der Waals surface area contributed by atoms with Crippen molar-refractivity contribution in [1.29, 1.82) is 0 Å². The van der Waals surface area contributed by atoms with Gasteiger partial charge in [-0.2, -0.15) is 0 Å². The number of aliphatic carboxylic acids is 1. The highest BCUT2D eigenvalue weighted by Crippen LogP contribution is 2.07. The molecule has 1 saturated heterocycles. The van der Waals surface area contributed by atoms with Gasteiger partial charge in [-0.3, -0.25) is 4.79 Å². The first-order valence-electron chi connectivity index (χ1n) is 5.82. The van der Waals surface area contributed by atoms with E-state index < -0.39 is 5.97 Å². The number of hydrogen-bond donors (Lipinski definition) is 2. The predicted molar refractivity (Wildman–Crippen MR) is 57.9 cm³/mol. The van der Waals surface area contributed by atoms with E-state index in [0.717, 1.165) is 19.6 Å². The number of carbonyl (C=O) groups is 1. The molecule has 1 atom stereocenters. The number of rotatable bonds is 7. The highest BCUT2D eigenvalue weighted by Gasteiger charge is 2.11. The van der Waals surface area contributed by atoms with E-state index in [1.54, 1.807) is 0 Å². The monoisotopic (exact) mass is 215 g/mol. The normalized spacial score (nSPS) is 21.5. The molecule has 1 aliphatic rings. The average Bonchev–Trinajstić information content (AvgIpc) is 2.24. The fraction of sp³-hybridized carbons (Fsp3) is 0.909. The van der Waals surface area contributed by atoms with Gasteiger partial charge in [0.15, 0.2) is 0 Å². The molecular formula is C11H21NO3. The molecule has 0 aromatic rings. The Labute approximate surface area is 91.0 Å². The van der Waals surface area contributed by atoms with Crippen molar-refractivity contribution in [3.63, 3.8) is 0 Å². The molecule has 0 radical (unpaired) electrons. The number of nitrogens with one attached hydrogen (secondary N) is 1. The minimum atomic E-state index is -0.719. The molecule has 0 aromatic heterocycles. The third-order valence-electron chi connectivity index (χ3n) is 2.66. The maximum absolute atomic E-state index is 10.2. The molecule has 0 aliphatic carbocycles. The van der Waals surface area contributed by atoms with Crippen LogP contribution in [0.4, 0.5) is 0 Å². The molecule has 0 bridgehead atoms. The minimum absolute atomic E-state index is 0.255. The van der Waals surface area contributed by atoms with Crippen LogP contribution in [0.5, 0.6) is 0 Å². The van der Waals surface area contributed by atoms with Gasteiger partial charge in [0.05, 0.1) is 6.61 Å². The predicted octanol–water partition coefficient (Wildman–Crippen LogP) is 1.40. The van der Waals surface area contributed by atoms with Crippen molar-refractivity contribution < 1.29 is 14.6 Å². The summed E-state index contributed by atoms with van der Waals surface area (Å²) >= 11 is 0. The van der Waals surface area contributed by atoms with Crippen molar-refractivity contribution in [3.05, 3.63) is 0 Å². The van der Waals surface area contributed by atoms with Crippen molar-refractivity contribution in [2.24, 2.45) is 0 Å². The van der Waals surface area contributed by atoms with Crippen molar-refractivity contribution >= 4 is 5.97 Å². The van der Waals surface area contributed by atoms with E-state index in [1.807, 2.05) is 0 Å². The Bertz CT molecular complexity index is 179. The maximum atomic E-state index is 10.2. The Morgan fingerprint density at radius 2 is 2.27 bits per heavy atom. The van der Waals surface area contributed by atoms with Gasteiger partial charge in [-0.05, 0) is 32.2 Å². The highest BCUT2D eigenvalue weighted by atomic mass is 16.5. The van der Waals surface area contributed by atoms with Crippen LogP contribution in [0.25, 0.3) is 0 Å². The molecule has 15 heavy (non-hydrogen) atoms. The summed E-state index contributed by atoms with van der Waals surface area (Å²) in [6.07, 6.45) is 5.59. The van der Waals surface area contributed by atoms with E-state index in [9.17, 15) is 4.79 Å². The number of carboxylic acids is 1. The average molecular weight is 215 g/mol. The van der Waals surface area contributed by atoms with Gasteiger partial charge in [-0.1, -0.05) is 6.42 Å². The summed E-state index contributed by atoms with van der Waals surface area (Å²) in [6.45, 7) is 2.56. The van der Waals surface area contributed by atoms with E-state index in [-0.39, 0.29) is 6.42 Å². The Hall–Kier alpha value is -0.610. The second-order valence-electron chi connectivity index (χ2n) is 4.07. The molecule has 1 heterocycles. The zero-order chi connectivity index (χ0) is 10.9. The summed E-state index contributed by atoms with van der Waals surface area (Å²) < 4.78 is 5.50. The molecule has 1 aliphatic heterocycles. The molecule has 4 nitrogen and oxygen atoms in total. The fourth-order valence-corrected chi connectivity index (χ4v) is 1.77. The van der Waals surface area contributed by atoms with E-state index in [4.69, 9.17) is 9.84 Å². The van der Waals surface area contributed by atoms with E-state index >= 15 is 0 Å². The van der Waals surface area contributed by atoms with E-state index in [2.05, 4.69) is 5.32 Å². The molecule has 1 fully saturated rings. The van der Waals surface area contributed by atoms with Gasteiger partial charge in [0.1, 0.15) is 0 Å². The van der Waals surface area contributed by atoms with Gasteiger partial charge in [-0.15, -0.1) is 0 Å². The quantitative estimate of drug-likeness (QED) is 0.630. The van der Waals surface area contributed by atoms with Crippen LogP contribution in [0.3, 0.4) is 0 Å². The first-order valence-corrected chi connectivity index (χ1v) is 5.82. The van der Waals surface area contributed by atoms with Crippen LogP contribution in [0.2, 0.25) is 0 Å².